The average Bonchev–Trinajstić information content (AvgIpc) is 2.76. The molecule has 3 rings (SSSR count). The number of fused-ring (bicyclic) bond motifs is 1. The number of nitriles is 1. The molecular weight excluding hydrogens is 256 g/mol. The van der Waals surface area contributed by atoms with Gasteiger partial charge in [0, 0.05) is 12.4 Å². The molecular formula is C19H16N2. The highest BCUT2D eigenvalue weighted by atomic mass is 14.6. The zero-order valence-corrected chi connectivity index (χ0v) is 11.8. The van der Waals surface area contributed by atoms with Crippen molar-refractivity contribution in [3.05, 3.63) is 77.1 Å². The van der Waals surface area contributed by atoms with Crippen molar-refractivity contribution in [1.29, 1.82) is 5.26 Å². The van der Waals surface area contributed by atoms with Gasteiger partial charge in [-0.05, 0) is 53.7 Å². The van der Waals surface area contributed by atoms with Crippen LogP contribution >= 0.6 is 0 Å². The molecule has 21 heavy (non-hydrogen) atoms. The van der Waals surface area contributed by atoms with E-state index in [1.807, 2.05) is 24.3 Å². The van der Waals surface area contributed by atoms with Crippen LogP contribution in [0.1, 0.15) is 29.5 Å². The summed E-state index contributed by atoms with van der Waals surface area (Å²) in [5.74, 6) is 0. The molecule has 102 valence electrons. The maximum atomic E-state index is 9.58. The lowest BCUT2D eigenvalue weighted by atomic mass is 9.93. The third kappa shape index (κ3) is 2.93. The van der Waals surface area contributed by atoms with Crippen LogP contribution in [0.15, 0.2) is 60.4 Å². The Morgan fingerprint density at radius 2 is 2.10 bits per heavy atom. The Kier molecular flexibility index (Phi) is 3.93. The molecule has 0 radical (unpaired) electrons. The zero-order valence-electron chi connectivity index (χ0n) is 11.8. The summed E-state index contributed by atoms with van der Waals surface area (Å²) in [6, 6.07) is 14.6. The third-order valence-corrected chi connectivity index (χ3v) is 3.71. The summed E-state index contributed by atoms with van der Waals surface area (Å²) >= 11 is 0. The Hall–Kier alpha value is -2.66. The number of allylic oxidation sites excluding steroid dienone is 3. The van der Waals surface area contributed by atoms with Crippen molar-refractivity contribution in [3.8, 4) is 6.07 Å². The van der Waals surface area contributed by atoms with Gasteiger partial charge in [-0.2, -0.15) is 5.26 Å². The molecule has 0 spiro atoms. The van der Waals surface area contributed by atoms with E-state index in [0.717, 1.165) is 30.4 Å². The van der Waals surface area contributed by atoms with E-state index >= 15 is 0 Å². The van der Waals surface area contributed by atoms with E-state index in [-0.39, 0.29) is 0 Å². The normalized spacial score (nSPS) is 14.6. The second-order valence-corrected chi connectivity index (χ2v) is 5.12. The number of aryl methyl sites for hydroxylation is 1. The number of aromatic nitrogens is 1. The fourth-order valence-corrected chi connectivity index (χ4v) is 2.70. The molecule has 0 atom stereocenters. The second-order valence-electron chi connectivity index (χ2n) is 5.12. The third-order valence-electron chi connectivity index (χ3n) is 3.71. The first-order valence-corrected chi connectivity index (χ1v) is 7.19. The van der Waals surface area contributed by atoms with Gasteiger partial charge in [0.15, 0.2) is 0 Å². The average molecular weight is 272 g/mol. The smallest absolute Gasteiger partial charge is 0.0998 e. The Bertz CT molecular complexity index is 734. The first kappa shape index (κ1) is 13.3. The monoisotopic (exact) mass is 272 g/mol. The van der Waals surface area contributed by atoms with Crippen LogP contribution in [0.4, 0.5) is 0 Å². The number of benzene rings is 1. The van der Waals surface area contributed by atoms with Crippen LogP contribution in [0.25, 0.3) is 11.6 Å². The molecule has 1 aromatic carbocycles. The van der Waals surface area contributed by atoms with Gasteiger partial charge >= 0.3 is 0 Å². The molecule has 1 aromatic heterocycles. The number of nitrogens with zero attached hydrogens (tertiary/aromatic N) is 2. The van der Waals surface area contributed by atoms with Crippen molar-refractivity contribution < 1.29 is 0 Å². The summed E-state index contributed by atoms with van der Waals surface area (Å²) in [6.07, 6.45) is 10.8. The van der Waals surface area contributed by atoms with Gasteiger partial charge in [-0.25, -0.2) is 0 Å². The van der Waals surface area contributed by atoms with Gasteiger partial charge in [-0.1, -0.05) is 36.4 Å². The Balaban J connectivity index is 2.08. The van der Waals surface area contributed by atoms with Gasteiger partial charge in [-0.3, -0.25) is 4.98 Å². The minimum Gasteiger partial charge on any atom is -0.264 e. The standard InChI is InChI=1S/C19H16N2/c20-13-17(12-15-6-5-11-21-14-15)19-10-4-2-8-16-7-1-3-9-18(16)19/h1,3,5-7,9-12,14H,2,4,8H2/b17-12-. The number of hydrogen-bond acceptors (Lipinski definition) is 2. The topological polar surface area (TPSA) is 36.7 Å². The van der Waals surface area contributed by atoms with Crippen LogP contribution in [-0.2, 0) is 6.42 Å². The molecule has 2 heteroatoms. The summed E-state index contributed by atoms with van der Waals surface area (Å²) in [4.78, 5) is 4.11. The van der Waals surface area contributed by atoms with E-state index in [0.29, 0.717) is 5.57 Å². The minimum atomic E-state index is 0.706. The SMILES string of the molecule is N#C/C(=C/c1cccnc1)C1=CCCCc2ccccc21. The van der Waals surface area contributed by atoms with Crippen molar-refractivity contribution in [2.45, 2.75) is 19.3 Å². The van der Waals surface area contributed by atoms with Gasteiger partial charge in [0.05, 0.1) is 11.6 Å². The van der Waals surface area contributed by atoms with Crippen LogP contribution in [0.3, 0.4) is 0 Å². The maximum Gasteiger partial charge on any atom is 0.0998 e. The summed E-state index contributed by atoms with van der Waals surface area (Å²) in [6.45, 7) is 0. The van der Waals surface area contributed by atoms with Crippen LogP contribution in [-0.4, -0.2) is 4.98 Å². The number of hydrogen-bond donors (Lipinski definition) is 0. The van der Waals surface area contributed by atoms with Gasteiger partial charge < -0.3 is 0 Å². The molecule has 0 unspecified atom stereocenters. The molecule has 0 saturated carbocycles. The number of pyridine rings is 1. The summed E-state index contributed by atoms with van der Waals surface area (Å²) in [7, 11) is 0. The van der Waals surface area contributed by atoms with Gasteiger partial charge in [0.1, 0.15) is 0 Å². The Morgan fingerprint density at radius 3 is 2.90 bits per heavy atom. The van der Waals surface area contributed by atoms with Crippen molar-refractivity contribution >= 4 is 11.6 Å². The van der Waals surface area contributed by atoms with E-state index in [1.54, 1.807) is 12.4 Å². The summed E-state index contributed by atoms with van der Waals surface area (Å²) < 4.78 is 0. The first-order valence-electron chi connectivity index (χ1n) is 7.19. The number of rotatable bonds is 2. The summed E-state index contributed by atoms with van der Waals surface area (Å²) in [5, 5.41) is 9.58. The highest BCUT2D eigenvalue weighted by Gasteiger charge is 2.14. The molecule has 0 saturated heterocycles. The molecule has 0 bridgehead atoms. The fraction of sp³-hybridized carbons (Fsp3) is 0.158. The van der Waals surface area contributed by atoms with Gasteiger partial charge in [0.25, 0.3) is 0 Å². The van der Waals surface area contributed by atoms with Crippen molar-refractivity contribution in [1.82, 2.24) is 4.98 Å². The van der Waals surface area contributed by atoms with Crippen molar-refractivity contribution in [2.24, 2.45) is 0 Å². The molecule has 0 aliphatic heterocycles. The molecule has 2 aromatic rings. The molecule has 2 nitrogen and oxygen atoms in total. The van der Waals surface area contributed by atoms with Crippen LogP contribution in [0, 0.1) is 11.3 Å². The fourth-order valence-electron chi connectivity index (χ4n) is 2.70. The molecule has 1 aliphatic rings. The van der Waals surface area contributed by atoms with E-state index in [4.69, 9.17) is 0 Å². The van der Waals surface area contributed by atoms with E-state index in [1.165, 1.54) is 11.1 Å². The zero-order chi connectivity index (χ0) is 14.5. The first-order chi connectivity index (χ1) is 10.4. The lowest BCUT2D eigenvalue weighted by Crippen LogP contribution is -1.93. The lowest BCUT2D eigenvalue weighted by molar-refractivity contribution is 0.851. The van der Waals surface area contributed by atoms with Crippen molar-refractivity contribution in [3.63, 3.8) is 0 Å². The largest absolute Gasteiger partial charge is 0.264 e. The van der Waals surface area contributed by atoms with Crippen LogP contribution < -0.4 is 0 Å². The molecule has 1 aliphatic carbocycles. The van der Waals surface area contributed by atoms with Crippen molar-refractivity contribution in [2.75, 3.05) is 0 Å². The van der Waals surface area contributed by atoms with E-state index in [9.17, 15) is 5.26 Å². The minimum absolute atomic E-state index is 0.706. The lowest BCUT2D eigenvalue weighted by Gasteiger charge is -2.10. The van der Waals surface area contributed by atoms with Crippen LogP contribution in [0.2, 0.25) is 0 Å². The predicted octanol–water partition coefficient (Wildman–Crippen LogP) is 4.41. The summed E-state index contributed by atoms with van der Waals surface area (Å²) in [5.41, 5.74) is 5.23. The molecule has 1 heterocycles. The molecule has 0 N–H and O–H groups in total. The van der Waals surface area contributed by atoms with E-state index < -0.39 is 0 Å². The van der Waals surface area contributed by atoms with Crippen LogP contribution in [0.5, 0.6) is 0 Å². The Labute approximate surface area is 125 Å². The van der Waals surface area contributed by atoms with Gasteiger partial charge in [0.2, 0.25) is 0 Å². The quantitative estimate of drug-likeness (QED) is 0.759. The maximum absolute atomic E-state index is 9.58. The Morgan fingerprint density at radius 1 is 1.19 bits per heavy atom. The molecule has 0 fully saturated rings. The molecule has 0 amide bonds. The predicted molar refractivity (Wildman–Crippen MR) is 85.2 cm³/mol. The highest BCUT2D eigenvalue weighted by Crippen LogP contribution is 2.31. The van der Waals surface area contributed by atoms with E-state index in [2.05, 4.69) is 35.3 Å². The second kappa shape index (κ2) is 6.19. The highest BCUT2D eigenvalue weighted by molar-refractivity contribution is 5.89. The van der Waals surface area contributed by atoms with Gasteiger partial charge in [-0.15, -0.1) is 0 Å².